The summed E-state index contributed by atoms with van der Waals surface area (Å²) in [5.74, 6) is 0.712. The van der Waals surface area contributed by atoms with E-state index in [2.05, 4.69) is 5.32 Å². The molecule has 1 aromatic carbocycles. The lowest BCUT2D eigenvalue weighted by atomic mass is 10.2. The van der Waals surface area contributed by atoms with E-state index in [-0.39, 0.29) is 27.8 Å². The number of aryl methyl sites for hydroxylation is 1. The predicted molar refractivity (Wildman–Crippen MR) is 77.7 cm³/mol. The normalized spacial score (nSPS) is 10.4. The van der Waals surface area contributed by atoms with Crippen molar-refractivity contribution in [2.24, 2.45) is 0 Å². The Labute approximate surface area is 129 Å². The number of halogens is 2. The number of nitro benzene ring substituents is 1. The number of rotatable bonds is 4. The molecule has 1 heterocycles. The lowest BCUT2D eigenvalue weighted by Gasteiger charge is -2.07. The van der Waals surface area contributed by atoms with Gasteiger partial charge in [0, 0.05) is 12.1 Å². The lowest BCUT2D eigenvalue weighted by Crippen LogP contribution is -2.23. The minimum absolute atomic E-state index is 0.0320. The molecular formula is C13H10Cl2N2O4. The Kier molecular flexibility index (Phi) is 4.50. The number of carbonyl (C=O) groups excluding carboxylic acids is 1. The number of benzene rings is 1. The minimum atomic E-state index is -0.644. The molecule has 0 unspecified atom stereocenters. The van der Waals surface area contributed by atoms with Crippen LogP contribution in [0.4, 0.5) is 5.69 Å². The molecule has 0 spiro atoms. The number of nitro groups is 1. The average molecular weight is 329 g/mol. The van der Waals surface area contributed by atoms with Gasteiger partial charge in [0.1, 0.15) is 11.5 Å². The molecule has 0 aliphatic rings. The monoisotopic (exact) mass is 328 g/mol. The van der Waals surface area contributed by atoms with Crippen molar-refractivity contribution in [3.63, 3.8) is 0 Å². The van der Waals surface area contributed by atoms with Crippen LogP contribution < -0.4 is 5.32 Å². The van der Waals surface area contributed by atoms with E-state index in [4.69, 9.17) is 27.6 Å². The number of hydrogen-bond acceptors (Lipinski definition) is 4. The van der Waals surface area contributed by atoms with Gasteiger partial charge in [-0.25, -0.2) is 0 Å². The van der Waals surface area contributed by atoms with Crippen molar-refractivity contribution >= 4 is 34.8 Å². The zero-order chi connectivity index (χ0) is 15.6. The molecule has 1 amide bonds. The fraction of sp³-hybridized carbons (Fsp3) is 0.154. The Morgan fingerprint density at radius 2 is 2.10 bits per heavy atom. The largest absolute Gasteiger partial charge is 0.465 e. The first-order chi connectivity index (χ1) is 9.88. The molecule has 0 saturated heterocycles. The number of nitrogens with one attached hydrogen (secondary N) is 1. The van der Waals surface area contributed by atoms with E-state index in [1.165, 1.54) is 0 Å². The zero-order valence-electron chi connectivity index (χ0n) is 10.9. The molecule has 0 atom stereocenters. The van der Waals surface area contributed by atoms with Gasteiger partial charge in [-0.2, -0.15) is 0 Å². The van der Waals surface area contributed by atoms with Gasteiger partial charge in [0.05, 0.1) is 27.1 Å². The highest BCUT2D eigenvalue weighted by molar-refractivity contribution is 6.44. The molecule has 6 nitrogen and oxygen atoms in total. The highest BCUT2D eigenvalue weighted by Crippen LogP contribution is 2.30. The lowest BCUT2D eigenvalue weighted by molar-refractivity contribution is -0.384. The Morgan fingerprint density at radius 1 is 1.38 bits per heavy atom. The maximum Gasteiger partial charge on any atom is 0.271 e. The van der Waals surface area contributed by atoms with Gasteiger partial charge in [0.2, 0.25) is 0 Å². The summed E-state index contributed by atoms with van der Waals surface area (Å²) in [4.78, 5) is 22.2. The topological polar surface area (TPSA) is 85.4 Å². The molecule has 0 aliphatic heterocycles. The van der Waals surface area contributed by atoms with Crippen LogP contribution in [0.5, 0.6) is 0 Å². The first-order valence-electron chi connectivity index (χ1n) is 5.85. The van der Waals surface area contributed by atoms with E-state index in [1.807, 2.05) is 0 Å². The van der Waals surface area contributed by atoms with Gasteiger partial charge >= 0.3 is 0 Å². The first kappa shape index (κ1) is 15.3. The van der Waals surface area contributed by atoms with Crippen molar-refractivity contribution in [3.05, 3.63) is 61.5 Å². The number of carbonyl (C=O) groups is 1. The van der Waals surface area contributed by atoms with Crippen LogP contribution in [0.2, 0.25) is 10.0 Å². The number of hydrogen-bond donors (Lipinski definition) is 1. The summed E-state index contributed by atoms with van der Waals surface area (Å²) in [6.45, 7) is 1.92. The van der Waals surface area contributed by atoms with E-state index >= 15 is 0 Å². The Balaban J connectivity index is 2.20. The molecule has 1 aromatic heterocycles. The van der Waals surface area contributed by atoms with Crippen molar-refractivity contribution < 1.29 is 14.1 Å². The third-order valence-corrected chi connectivity index (χ3v) is 3.49. The second-order valence-corrected chi connectivity index (χ2v) is 5.03. The van der Waals surface area contributed by atoms with E-state index in [0.717, 1.165) is 17.9 Å². The maximum absolute atomic E-state index is 12.1. The van der Waals surface area contributed by atoms with Gasteiger partial charge in [0.25, 0.3) is 11.6 Å². The smallest absolute Gasteiger partial charge is 0.271 e. The SMILES string of the molecule is Cc1ccc(CNC(=O)c2cc([N+](=O)[O-])cc(Cl)c2Cl)o1. The van der Waals surface area contributed by atoms with Gasteiger partial charge in [-0.05, 0) is 19.1 Å². The van der Waals surface area contributed by atoms with Gasteiger partial charge < -0.3 is 9.73 Å². The molecule has 0 fully saturated rings. The number of furan rings is 1. The zero-order valence-corrected chi connectivity index (χ0v) is 12.4. The molecular weight excluding hydrogens is 319 g/mol. The standard InChI is InChI=1S/C13H10Cl2N2O4/c1-7-2-3-9(21-7)6-16-13(18)10-4-8(17(19)20)5-11(14)12(10)15/h2-5H,6H2,1H3,(H,16,18). The second-order valence-electron chi connectivity index (χ2n) is 4.24. The Morgan fingerprint density at radius 3 is 2.67 bits per heavy atom. The molecule has 2 aromatic rings. The molecule has 2 rings (SSSR count). The molecule has 0 saturated carbocycles. The Hall–Kier alpha value is -2.05. The van der Waals surface area contributed by atoms with E-state index in [9.17, 15) is 14.9 Å². The van der Waals surface area contributed by atoms with Crippen LogP contribution in [0.15, 0.2) is 28.7 Å². The van der Waals surface area contributed by atoms with Gasteiger partial charge in [0.15, 0.2) is 0 Å². The van der Waals surface area contributed by atoms with Crippen LogP contribution in [0, 0.1) is 17.0 Å². The predicted octanol–water partition coefficient (Wildman–Crippen LogP) is 3.73. The fourth-order valence-corrected chi connectivity index (χ4v) is 2.10. The summed E-state index contributed by atoms with van der Waals surface area (Å²) in [6.07, 6.45) is 0. The molecule has 0 aliphatic carbocycles. The first-order valence-corrected chi connectivity index (χ1v) is 6.61. The van der Waals surface area contributed by atoms with Crippen molar-refractivity contribution in [1.29, 1.82) is 0 Å². The van der Waals surface area contributed by atoms with Gasteiger partial charge in [-0.1, -0.05) is 23.2 Å². The molecule has 110 valence electrons. The van der Waals surface area contributed by atoms with E-state index < -0.39 is 10.8 Å². The van der Waals surface area contributed by atoms with Crippen LogP contribution in [-0.4, -0.2) is 10.8 Å². The fourth-order valence-electron chi connectivity index (χ4n) is 1.69. The summed E-state index contributed by atoms with van der Waals surface area (Å²) in [6, 6.07) is 5.66. The van der Waals surface area contributed by atoms with Crippen LogP contribution in [0.1, 0.15) is 21.9 Å². The summed E-state index contributed by atoms with van der Waals surface area (Å²) in [7, 11) is 0. The highest BCUT2D eigenvalue weighted by Gasteiger charge is 2.19. The second kappa shape index (κ2) is 6.15. The molecule has 0 bridgehead atoms. The number of nitrogens with zero attached hydrogens (tertiary/aromatic N) is 1. The summed E-state index contributed by atoms with van der Waals surface area (Å²) in [5.41, 5.74) is -0.359. The quantitative estimate of drug-likeness (QED) is 0.684. The van der Waals surface area contributed by atoms with Crippen LogP contribution >= 0.6 is 23.2 Å². The van der Waals surface area contributed by atoms with Crippen molar-refractivity contribution in [3.8, 4) is 0 Å². The van der Waals surface area contributed by atoms with Crippen molar-refractivity contribution in [2.45, 2.75) is 13.5 Å². The maximum atomic E-state index is 12.1. The van der Waals surface area contributed by atoms with Crippen molar-refractivity contribution in [1.82, 2.24) is 5.32 Å². The van der Waals surface area contributed by atoms with Crippen LogP contribution in [0.3, 0.4) is 0 Å². The minimum Gasteiger partial charge on any atom is -0.465 e. The van der Waals surface area contributed by atoms with Gasteiger partial charge in [-0.3, -0.25) is 14.9 Å². The third-order valence-electron chi connectivity index (χ3n) is 2.69. The summed E-state index contributed by atoms with van der Waals surface area (Å²) in [5, 5.41) is 13.3. The van der Waals surface area contributed by atoms with Crippen LogP contribution in [0.25, 0.3) is 0 Å². The van der Waals surface area contributed by atoms with E-state index in [0.29, 0.717) is 5.76 Å². The number of non-ortho nitro benzene ring substituents is 1. The number of amides is 1. The molecule has 1 N–H and O–H groups in total. The van der Waals surface area contributed by atoms with Crippen molar-refractivity contribution in [2.75, 3.05) is 0 Å². The summed E-state index contributed by atoms with van der Waals surface area (Å²) >= 11 is 11.7. The Bertz CT molecular complexity index is 712. The molecule has 0 radical (unpaired) electrons. The van der Waals surface area contributed by atoms with Gasteiger partial charge in [-0.15, -0.1) is 0 Å². The van der Waals surface area contributed by atoms with Crippen LogP contribution in [-0.2, 0) is 6.54 Å². The summed E-state index contributed by atoms with van der Waals surface area (Å²) < 4.78 is 5.30. The van der Waals surface area contributed by atoms with E-state index in [1.54, 1.807) is 19.1 Å². The third kappa shape index (κ3) is 3.53. The average Bonchev–Trinajstić information content (AvgIpc) is 2.84. The molecule has 8 heteroatoms. The molecule has 21 heavy (non-hydrogen) atoms. The highest BCUT2D eigenvalue weighted by atomic mass is 35.5.